The van der Waals surface area contributed by atoms with E-state index in [2.05, 4.69) is 64.1 Å². The van der Waals surface area contributed by atoms with Gasteiger partial charge in [0.25, 0.3) is 0 Å². The lowest BCUT2D eigenvalue weighted by Crippen LogP contribution is -2.53. The van der Waals surface area contributed by atoms with Crippen molar-refractivity contribution >= 4 is 40.5 Å². The maximum Gasteiger partial charge on any atom is 0.407 e. The molecule has 2 aromatic carbocycles. The number of nitrogens with one attached hydrogen (secondary N) is 2. The second-order valence-corrected chi connectivity index (χ2v) is 16.4. The van der Waals surface area contributed by atoms with Crippen LogP contribution in [0.2, 0.25) is 0 Å². The van der Waals surface area contributed by atoms with Gasteiger partial charge in [0, 0.05) is 74.0 Å². The standard InChI is InChI=1S/C46H52N6O4/c1-28(2)43(51-46(55)56-3)45(54)52-22-4-5-40(52)38-24-36(26-49-38)32-10-6-30(7-11-32)31-8-12-33(13-9-31)37-25-39(50-27-37)41-34-14-15-35(23-34)42(41)44(53)48-21-18-29-16-19-47-20-17-29/h6-13,16-17,19-20,26-28,34-35,40-43H,4-5,14-15,18,21-25H2,1-3H3,(H,48,53)(H,51,55)/t34?,35?,40-,41?,42+,43-/m0/s1. The molecule has 0 spiro atoms. The molecule has 0 radical (unpaired) electrons. The molecule has 2 N–H and O–H groups in total. The second-order valence-electron chi connectivity index (χ2n) is 16.4. The minimum atomic E-state index is -0.645. The number of allylic oxidation sites excluding steroid dienone is 2. The molecule has 8 rings (SSSR count). The zero-order chi connectivity index (χ0) is 38.8. The molecule has 3 aromatic rings. The zero-order valence-corrected chi connectivity index (χ0v) is 32.6. The van der Waals surface area contributed by atoms with Gasteiger partial charge in [0.05, 0.1) is 13.2 Å². The van der Waals surface area contributed by atoms with E-state index < -0.39 is 12.1 Å². The van der Waals surface area contributed by atoms with Gasteiger partial charge < -0.3 is 20.3 Å². The number of amides is 3. The summed E-state index contributed by atoms with van der Waals surface area (Å²) in [6, 6.07) is 20.7. The number of benzene rings is 2. The van der Waals surface area contributed by atoms with Crippen molar-refractivity contribution in [3.8, 4) is 11.1 Å². The van der Waals surface area contributed by atoms with Crippen LogP contribution in [0.4, 0.5) is 4.79 Å². The highest BCUT2D eigenvalue weighted by Gasteiger charge is 2.52. The van der Waals surface area contributed by atoms with E-state index in [0.717, 1.165) is 66.5 Å². The summed E-state index contributed by atoms with van der Waals surface area (Å²) >= 11 is 0. The molecule has 2 aliphatic carbocycles. The third-order valence-electron chi connectivity index (χ3n) is 12.7. The van der Waals surface area contributed by atoms with Crippen molar-refractivity contribution in [2.75, 3.05) is 20.2 Å². The molecule has 290 valence electrons. The number of carbonyl (C=O) groups is 3. The van der Waals surface area contributed by atoms with Crippen LogP contribution in [-0.4, -0.2) is 71.5 Å². The minimum absolute atomic E-state index is 0.0158. The Hall–Kier alpha value is -5.38. The molecule has 3 fully saturated rings. The van der Waals surface area contributed by atoms with Crippen molar-refractivity contribution in [3.63, 3.8) is 0 Å². The van der Waals surface area contributed by atoms with Gasteiger partial charge in [-0.2, -0.15) is 0 Å². The fourth-order valence-corrected chi connectivity index (χ4v) is 9.81. The average Bonchev–Trinajstić information content (AvgIpc) is 4.09. The number of aromatic nitrogens is 1. The van der Waals surface area contributed by atoms with Gasteiger partial charge in [-0.3, -0.25) is 24.6 Å². The first-order chi connectivity index (χ1) is 27.3. The molecule has 6 atom stereocenters. The van der Waals surface area contributed by atoms with E-state index in [1.165, 1.54) is 35.9 Å². The molecule has 10 nitrogen and oxygen atoms in total. The van der Waals surface area contributed by atoms with Crippen LogP contribution in [-0.2, 0) is 20.7 Å². The second kappa shape index (κ2) is 16.4. The molecule has 3 unspecified atom stereocenters. The molecule has 1 saturated heterocycles. The molecule has 4 heterocycles. The molecular formula is C46H52N6O4. The minimum Gasteiger partial charge on any atom is -0.453 e. The summed E-state index contributed by atoms with van der Waals surface area (Å²) in [5.41, 5.74) is 10.3. The van der Waals surface area contributed by atoms with Crippen molar-refractivity contribution < 1.29 is 19.1 Å². The summed E-state index contributed by atoms with van der Waals surface area (Å²) in [6.07, 6.45) is 14.5. The van der Waals surface area contributed by atoms with Gasteiger partial charge in [-0.15, -0.1) is 0 Å². The first-order valence-electron chi connectivity index (χ1n) is 20.3. The molecule has 5 aliphatic rings. The van der Waals surface area contributed by atoms with Gasteiger partial charge >= 0.3 is 6.09 Å². The Kier molecular flexibility index (Phi) is 11.0. The highest BCUT2D eigenvalue weighted by atomic mass is 16.5. The van der Waals surface area contributed by atoms with Gasteiger partial charge in [-0.25, -0.2) is 4.79 Å². The van der Waals surface area contributed by atoms with E-state index in [4.69, 9.17) is 14.7 Å². The molecule has 10 heteroatoms. The Bertz CT molecular complexity index is 2070. The third-order valence-corrected chi connectivity index (χ3v) is 12.7. The van der Waals surface area contributed by atoms with E-state index in [9.17, 15) is 14.4 Å². The van der Waals surface area contributed by atoms with Gasteiger partial charge in [0.15, 0.2) is 0 Å². The summed E-state index contributed by atoms with van der Waals surface area (Å²) < 4.78 is 4.78. The van der Waals surface area contributed by atoms with Gasteiger partial charge in [-0.1, -0.05) is 62.4 Å². The number of pyridine rings is 1. The van der Waals surface area contributed by atoms with Crippen molar-refractivity contribution in [2.45, 2.75) is 77.3 Å². The Morgan fingerprint density at radius 2 is 1.41 bits per heavy atom. The average molecular weight is 753 g/mol. The summed E-state index contributed by atoms with van der Waals surface area (Å²) in [5.74, 6) is 1.28. The maximum absolute atomic E-state index is 13.6. The van der Waals surface area contributed by atoms with Crippen LogP contribution in [0.3, 0.4) is 0 Å². The lowest BCUT2D eigenvalue weighted by atomic mass is 9.75. The van der Waals surface area contributed by atoms with E-state index in [1.54, 1.807) is 12.4 Å². The third kappa shape index (κ3) is 7.71. The SMILES string of the molecule is COC(=O)N[C@H](C(=O)N1CCC[C@H]1C1=NC=C(c2ccc(-c3ccc(C4=CN=C(C5C6CCC(C6)[C@H]5C(=O)NCCc5ccncc5)C4)cc3)cc2)C1)C(C)C. The number of fused-ring (bicyclic) bond motifs is 2. The predicted molar refractivity (Wildman–Crippen MR) is 220 cm³/mol. The first-order valence-corrected chi connectivity index (χ1v) is 20.3. The Morgan fingerprint density at radius 1 is 0.804 bits per heavy atom. The van der Waals surface area contributed by atoms with Crippen LogP contribution < -0.4 is 10.6 Å². The van der Waals surface area contributed by atoms with E-state index in [-0.39, 0.29) is 35.6 Å². The summed E-state index contributed by atoms with van der Waals surface area (Å²) in [5, 5.41) is 5.99. The Balaban J connectivity index is 0.853. The molecular weight excluding hydrogens is 701 g/mol. The van der Waals surface area contributed by atoms with Crippen molar-refractivity contribution in [2.24, 2.45) is 39.6 Å². The summed E-state index contributed by atoms with van der Waals surface area (Å²) in [7, 11) is 1.31. The van der Waals surface area contributed by atoms with E-state index >= 15 is 0 Å². The quantitative estimate of drug-likeness (QED) is 0.198. The normalized spacial score (nSPS) is 24.4. The Morgan fingerprint density at radius 3 is 2.05 bits per heavy atom. The zero-order valence-electron chi connectivity index (χ0n) is 32.6. The molecule has 3 aliphatic heterocycles. The van der Waals surface area contributed by atoms with Crippen LogP contribution in [0.1, 0.15) is 75.5 Å². The van der Waals surface area contributed by atoms with Crippen LogP contribution >= 0.6 is 0 Å². The first kappa shape index (κ1) is 37.5. The van der Waals surface area contributed by atoms with Crippen molar-refractivity contribution in [1.29, 1.82) is 0 Å². The number of aliphatic imine (C=N–C) groups is 2. The van der Waals surface area contributed by atoms with Crippen molar-refractivity contribution in [1.82, 2.24) is 20.5 Å². The van der Waals surface area contributed by atoms with Crippen LogP contribution in [0, 0.1) is 29.6 Å². The molecule has 2 saturated carbocycles. The number of likely N-dealkylation sites (tertiary alicyclic amines) is 1. The van der Waals surface area contributed by atoms with Gasteiger partial charge in [-0.05, 0) is 107 Å². The number of rotatable bonds is 12. The van der Waals surface area contributed by atoms with Gasteiger partial charge in [0.2, 0.25) is 11.8 Å². The van der Waals surface area contributed by atoms with Crippen LogP contribution in [0.5, 0.6) is 0 Å². The number of methoxy groups -OCH3 is 1. The number of carbonyl (C=O) groups excluding carboxylic acids is 3. The highest BCUT2D eigenvalue weighted by molar-refractivity contribution is 6.04. The van der Waals surface area contributed by atoms with Crippen molar-refractivity contribution in [3.05, 3.63) is 102 Å². The molecule has 2 bridgehead atoms. The Labute approximate surface area is 329 Å². The number of nitrogens with zero attached hydrogens (tertiary/aromatic N) is 4. The van der Waals surface area contributed by atoms with E-state index in [1.807, 2.05) is 43.3 Å². The smallest absolute Gasteiger partial charge is 0.407 e. The summed E-state index contributed by atoms with van der Waals surface area (Å²) in [4.78, 5) is 54.9. The molecule has 3 amide bonds. The number of hydrogen-bond acceptors (Lipinski definition) is 7. The maximum atomic E-state index is 13.6. The fourth-order valence-electron chi connectivity index (χ4n) is 9.81. The fraction of sp³-hybridized carbons (Fsp3) is 0.435. The van der Waals surface area contributed by atoms with E-state index in [0.29, 0.717) is 31.3 Å². The molecule has 1 aromatic heterocycles. The molecule has 56 heavy (non-hydrogen) atoms. The predicted octanol–water partition coefficient (Wildman–Crippen LogP) is 7.51. The number of hydrogen-bond donors (Lipinski definition) is 2. The highest BCUT2D eigenvalue weighted by Crippen LogP contribution is 2.54. The topological polar surface area (TPSA) is 125 Å². The summed E-state index contributed by atoms with van der Waals surface area (Å²) in [6.45, 7) is 5.15. The van der Waals surface area contributed by atoms with Gasteiger partial charge in [0.1, 0.15) is 6.04 Å². The number of ether oxygens (including phenoxy) is 1. The monoisotopic (exact) mass is 752 g/mol. The largest absolute Gasteiger partial charge is 0.453 e. The lowest BCUT2D eigenvalue weighted by Gasteiger charge is -2.31. The lowest BCUT2D eigenvalue weighted by molar-refractivity contribution is -0.134. The van der Waals surface area contributed by atoms with Crippen LogP contribution in [0.15, 0.2) is 95.4 Å². The number of alkyl carbamates (subject to hydrolysis) is 1. The van der Waals surface area contributed by atoms with Crippen LogP contribution in [0.25, 0.3) is 22.3 Å².